The summed E-state index contributed by atoms with van der Waals surface area (Å²) < 4.78 is 0. The quantitative estimate of drug-likeness (QED) is 0.451. The lowest BCUT2D eigenvalue weighted by Crippen LogP contribution is -2.35. The van der Waals surface area contributed by atoms with E-state index in [2.05, 4.69) is 15.3 Å². The van der Waals surface area contributed by atoms with Crippen molar-refractivity contribution in [1.29, 1.82) is 0 Å². The van der Waals surface area contributed by atoms with E-state index in [1.165, 1.54) is 0 Å². The lowest BCUT2D eigenvalue weighted by atomic mass is 10.3. The van der Waals surface area contributed by atoms with Gasteiger partial charge in [-0.25, -0.2) is 4.98 Å². The Labute approximate surface area is 70.5 Å². The van der Waals surface area contributed by atoms with Crippen LogP contribution in [-0.4, -0.2) is 39.4 Å². The second kappa shape index (κ2) is 4.87. The molecule has 5 heteroatoms. The Morgan fingerprint density at radius 1 is 1.50 bits per heavy atom. The second-order valence-electron chi connectivity index (χ2n) is 2.52. The van der Waals surface area contributed by atoms with Crippen LogP contribution >= 0.6 is 0 Å². The van der Waals surface area contributed by atoms with E-state index in [-0.39, 0.29) is 19.3 Å². The third-order valence-electron chi connectivity index (χ3n) is 1.58. The molecule has 0 fully saturated rings. The summed E-state index contributed by atoms with van der Waals surface area (Å²) in [5, 5.41) is 20.4. The number of rotatable bonds is 5. The molecule has 0 atom stereocenters. The van der Waals surface area contributed by atoms with Crippen molar-refractivity contribution in [2.45, 2.75) is 12.6 Å². The van der Waals surface area contributed by atoms with E-state index < -0.39 is 0 Å². The van der Waals surface area contributed by atoms with Crippen LogP contribution in [-0.2, 0) is 6.54 Å². The first-order valence-corrected chi connectivity index (χ1v) is 3.79. The first-order valence-electron chi connectivity index (χ1n) is 3.79. The minimum atomic E-state index is -0.256. The summed E-state index contributed by atoms with van der Waals surface area (Å²) >= 11 is 0. The molecule has 4 N–H and O–H groups in total. The van der Waals surface area contributed by atoms with Gasteiger partial charge in [-0.15, -0.1) is 0 Å². The predicted molar refractivity (Wildman–Crippen MR) is 43.4 cm³/mol. The average molecular weight is 171 g/mol. The zero-order valence-electron chi connectivity index (χ0n) is 6.70. The lowest BCUT2D eigenvalue weighted by Gasteiger charge is -2.11. The number of hydrogen-bond acceptors (Lipinski definition) is 4. The molecule has 1 aromatic heterocycles. The third kappa shape index (κ3) is 2.61. The fraction of sp³-hybridized carbons (Fsp3) is 0.571. The standard InChI is InChI=1S/C7H13N3O2/c11-3-7(4-12)9-2-6-1-8-5-10-6/h1,5,7,9,11-12H,2-4H2,(H,8,10). The lowest BCUT2D eigenvalue weighted by molar-refractivity contribution is 0.170. The molecule has 0 aliphatic heterocycles. The number of hydrogen-bond donors (Lipinski definition) is 4. The Hall–Kier alpha value is -0.910. The number of aromatic nitrogens is 2. The van der Waals surface area contributed by atoms with Crippen molar-refractivity contribution in [2.24, 2.45) is 0 Å². The Kier molecular flexibility index (Phi) is 3.72. The number of imidazole rings is 1. The van der Waals surface area contributed by atoms with E-state index in [1.807, 2.05) is 0 Å². The fourth-order valence-corrected chi connectivity index (χ4v) is 0.822. The SMILES string of the molecule is OCC(CO)NCc1cnc[nH]1. The van der Waals surface area contributed by atoms with Gasteiger partial charge in [0, 0.05) is 18.4 Å². The van der Waals surface area contributed by atoms with Crippen molar-refractivity contribution >= 4 is 0 Å². The molecule has 68 valence electrons. The Bertz CT molecular complexity index is 196. The van der Waals surface area contributed by atoms with E-state index in [9.17, 15) is 0 Å². The van der Waals surface area contributed by atoms with Crippen LogP contribution in [0.2, 0.25) is 0 Å². The Balaban J connectivity index is 2.25. The van der Waals surface area contributed by atoms with Crippen LogP contribution in [0.3, 0.4) is 0 Å². The monoisotopic (exact) mass is 171 g/mol. The molecule has 0 unspecified atom stereocenters. The number of aliphatic hydroxyl groups excluding tert-OH is 2. The summed E-state index contributed by atoms with van der Waals surface area (Å²) in [6.07, 6.45) is 3.28. The molecule has 12 heavy (non-hydrogen) atoms. The van der Waals surface area contributed by atoms with Gasteiger partial charge < -0.3 is 20.5 Å². The molecule has 0 bridgehead atoms. The molecule has 1 aromatic rings. The normalized spacial score (nSPS) is 10.9. The highest BCUT2D eigenvalue weighted by atomic mass is 16.3. The van der Waals surface area contributed by atoms with Gasteiger partial charge in [0.1, 0.15) is 0 Å². The van der Waals surface area contributed by atoms with E-state index in [0.29, 0.717) is 6.54 Å². The van der Waals surface area contributed by atoms with Crippen LogP contribution in [0.4, 0.5) is 0 Å². The molecule has 0 amide bonds. The van der Waals surface area contributed by atoms with Gasteiger partial charge in [0.05, 0.1) is 25.6 Å². The predicted octanol–water partition coefficient (Wildman–Crippen LogP) is -1.15. The molecule has 0 aliphatic rings. The summed E-state index contributed by atoms with van der Waals surface area (Å²) in [6.45, 7) is 0.445. The maximum atomic E-state index is 8.71. The van der Waals surface area contributed by atoms with Crippen molar-refractivity contribution in [3.63, 3.8) is 0 Å². The van der Waals surface area contributed by atoms with Crippen LogP contribution in [0.15, 0.2) is 12.5 Å². The Morgan fingerprint density at radius 2 is 2.25 bits per heavy atom. The topological polar surface area (TPSA) is 81.2 Å². The van der Waals surface area contributed by atoms with E-state index in [0.717, 1.165) is 5.69 Å². The van der Waals surface area contributed by atoms with Crippen LogP contribution in [0.5, 0.6) is 0 Å². The summed E-state index contributed by atoms with van der Waals surface area (Å²) in [6, 6.07) is -0.256. The number of H-pyrrole nitrogens is 1. The van der Waals surface area contributed by atoms with Crippen molar-refractivity contribution in [1.82, 2.24) is 15.3 Å². The fourth-order valence-electron chi connectivity index (χ4n) is 0.822. The van der Waals surface area contributed by atoms with Gasteiger partial charge in [-0.05, 0) is 0 Å². The number of aromatic amines is 1. The molecule has 0 saturated carbocycles. The third-order valence-corrected chi connectivity index (χ3v) is 1.58. The van der Waals surface area contributed by atoms with E-state index in [4.69, 9.17) is 10.2 Å². The largest absolute Gasteiger partial charge is 0.395 e. The zero-order chi connectivity index (χ0) is 8.81. The van der Waals surface area contributed by atoms with Gasteiger partial charge >= 0.3 is 0 Å². The highest BCUT2D eigenvalue weighted by Crippen LogP contribution is 1.90. The van der Waals surface area contributed by atoms with Gasteiger partial charge in [0.15, 0.2) is 0 Å². The van der Waals surface area contributed by atoms with Crippen molar-refractivity contribution < 1.29 is 10.2 Å². The van der Waals surface area contributed by atoms with Crippen LogP contribution < -0.4 is 5.32 Å². The summed E-state index contributed by atoms with van der Waals surface area (Å²) in [5.41, 5.74) is 0.932. The number of nitrogens with one attached hydrogen (secondary N) is 2. The number of nitrogens with zero attached hydrogens (tertiary/aromatic N) is 1. The van der Waals surface area contributed by atoms with Gasteiger partial charge in [0.2, 0.25) is 0 Å². The molecular weight excluding hydrogens is 158 g/mol. The summed E-state index contributed by atoms with van der Waals surface area (Å²) in [4.78, 5) is 6.74. The van der Waals surface area contributed by atoms with Crippen molar-refractivity contribution in [3.05, 3.63) is 18.2 Å². The molecule has 0 saturated heterocycles. The van der Waals surface area contributed by atoms with E-state index >= 15 is 0 Å². The Morgan fingerprint density at radius 3 is 2.75 bits per heavy atom. The van der Waals surface area contributed by atoms with Gasteiger partial charge in [-0.2, -0.15) is 0 Å². The molecule has 1 heterocycles. The minimum Gasteiger partial charge on any atom is -0.395 e. The molecule has 0 spiro atoms. The second-order valence-corrected chi connectivity index (χ2v) is 2.52. The minimum absolute atomic E-state index is 0.0648. The van der Waals surface area contributed by atoms with Crippen molar-refractivity contribution in [3.8, 4) is 0 Å². The first-order chi connectivity index (χ1) is 5.86. The molecule has 0 aliphatic carbocycles. The van der Waals surface area contributed by atoms with Crippen molar-refractivity contribution in [2.75, 3.05) is 13.2 Å². The molecule has 0 radical (unpaired) electrons. The maximum Gasteiger partial charge on any atom is 0.0922 e. The molecule has 0 aromatic carbocycles. The van der Waals surface area contributed by atoms with Gasteiger partial charge in [0.25, 0.3) is 0 Å². The maximum absolute atomic E-state index is 8.71. The summed E-state index contributed by atoms with van der Waals surface area (Å²) in [5.74, 6) is 0. The summed E-state index contributed by atoms with van der Waals surface area (Å²) in [7, 11) is 0. The highest BCUT2D eigenvalue weighted by Gasteiger charge is 2.03. The van der Waals surface area contributed by atoms with Gasteiger partial charge in [-0.1, -0.05) is 0 Å². The average Bonchev–Trinajstić information content (AvgIpc) is 2.59. The first kappa shape index (κ1) is 9.18. The molecule has 5 nitrogen and oxygen atoms in total. The number of aliphatic hydroxyl groups is 2. The van der Waals surface area contributed by atoms with Crippen LogP contribution in [0, 0.1) is 0 Å². The van der Waals surface area contributed by atoms with E-state index in [1.54, 1.807) is 12.5 Å². The van der Waals surface area contributed by atoms with Gasteiger partial charge in [-0.3, -0.25) is 0 Å². The van der Waals surface area contributed by atoms with Crippen LogP contribution in [0.25, 0.3) is 0 Å². The molecule has 1 rings (SSSR count). The smallest absolute Gasteiger partial charge is 0.0922 e. The van der Waals surface area contributed by atoms with Crippen LogP contribution in [0.1, 0.15) is 5.69 Å². The zero-order valence-corrected chi connectivity index (χ0v) is 6.70. The highest BCUT2D eigenvalue weighted by molar-refractivity contribution is 4.93. The molecular formula is C7H13N3O2.